The predicted octanol–water partition coefficient (Wildman–Crippen LogP) is 5.70. The summed E-state index contributed by atoms with van der Waals surface area (Å²) < 4.78 is 10.2. The molecule has 6 heteroatoms. The number of para-hydroxylation sites is 1. The number of hydrogen-bond donors (Lipinski definition) is 0. The van der Waals surface area contributed by atoms with E-state index in [2.05, 4.69) is 9.72 Å². The highest BCUT2D eigenvalue weighted by Gasteiger charge is 2.16. The lowest BCUT2D eigenvalue weighted by Gasteiger charge is -2.11. The van der Waals surface area contributed by atoms with Crippen molar-refractivity contribution in [1.29, 1.82) is 0 Å². The van der Waals surface area contributed by atoms with Gasteiger partial charge in [0, 0.05) is 16.0 Å². The van der Waals surface area contributed by atoms with Crippen LogP contribution in [0.25, 0.3) is 22.2 Å². The number of rotatable bonds is 5. The second-order valence-electron chi connectivity index (χ2n) is 6.82. The third kappa shape index (κ3) is 4.42. The molecule has 0 spiro atoms. The molecule has 0 aliphatic rings. The highest BCUT2D eigenvalue weighted by molar-refractivity contribution is 6.33. The quantitative estimate of drug-likeness (QED) is 0.379. The van der Waals surface area contributed by atoms with Gasteiger partial charge < -0.3 is 9.47 Å². The van der Waals surface area contributed by atoms with Gasteiger partial charge in [-0.25, -0.2) is 14.6 Å². The Bertz CT molecular complexity index is 1270. The van der Waals surface area contributed by atoms with Gasteiger partial charge in [0.2, 0.25) is 0 Å². The monoisotopic (exact) mass is 431 g/mol. The number of halogens is 1. The first-order valence-corrected chi connectivity index (χ1v) is 9.93. The number of ether oxygens (including phenoxy) is 2. The van der Waals surface area contributed by atoms with Crippen LogP contribution in [0.15, 0.2) is 78.9 Å². The summed E-state index contributed by atoms with van der Waals surface area (Å²) in [6, 6.07) is 23.1. The lowest BCUT2D eigenvalue weighted by atomic mass is 10.0. The minimum Gasteiger partial charge on any atom is -0.465 e. The Morgan fingerprint density at radius 3 is 2.35 bits per heavy atom. The largest absolute Gasteiger partial charge is 0.465 e. The fourth-order valence-corrected chi connectivity index (χ4v) is 3.47. The molecule has 1 aromatic heterocycles. The van der Waals surface area contributed by atoms with E-state index in [0.717, 1.165) is 11.1 Å². The number of nitrogens with zero attached hydrogens (tertiary/aromatic N) is 1. The number of pyridine rings is 1. The summed E-state index contributed by atoms with van der Waals surface area (Å²) in [5, 5.41) is 1.25. The third-order valence-electron chi connectivity index (χ3n) is 4.83. The lowest BCUT2D eigenvalue weighted by molar-refractivity contribution is 0.0473. The number of benzene rings is 3. The fraction of sp³-hybridized carbons (Fsp3) is 0.0800. The van der Waals surface area contributed by atoms with Crippen LogP contribution in [-0.4, -0.2) is 24.0 Å². The maximum absolute atomic E-state index is 13.0. The summed E-state index contributed by atoms with van der Waals surface area (Å²) in [6.45, 7) is 0.0678. The van der Waals surface area contributed by atoms with E-state index in [1.54, 1.807) is 36.4 Å². The van der Waals surface area contributed by atoms with E-state index in [9.17, 15) is 9.59 Å². The van der Waals surface area contributed by atoms with E-state index >= 15 is 0 Å². The van der Waals surface area contributed by atoms with Crippen LogP contribution >= 0.6 is 11.6 Å². The zero-order valence-electron chi connectivity index (χ0n) is 16.7. The van der Waals surface area contributed by atoms with Crippen molar-refractivity contribution in [3.63, 3.8) is 0 Å². The van der Waals surface area contributed by atoms with Gasteiger partial charge in [0.05, 0.1) is 29.4 Å². The summed E-state index contributed by atoms with van der Waals surface area (Å²) in [7, 11) is 1.33. The predicted molar refractivity (Wildman–Crippen MR) is 119 cm³/mol. The van der Waals surface area contributed by atoms with Crippen LogP contribution in [0.1, 0.15) is 26.3 Å². The zero-order chi connectivity index (χ0) is 21.8. The number of aromatic nitrogens is 1. The van der Waals surface area contributed by atoms with Gasteiger partial charge >= 0.3 is 11.9 Å². The van der Waals surface area contributed by atoms with Crippen molar-refractivity contribution in [1.82, 2.24) is 4.98 Å². The van der Waals surface area contributed by atoms with Crippen molar-refractivity contribution in [2.75, 3.05) is 7.11 Å². The standard InChI is InChI=1S/C25H18ClNO4/c1-30-24(28)17-12-10-16(11-13-17)15-31-25(29)20-14-23(19-7-2-4-8-21(19)26)27-22-9-5-3-6-18(20)22/h2-14H,15H2,1H3. The molecule has 0 bridgehead atoms. The van der Waals surface area contributed by atoms with Crippen molar-refractivity contribution in [2.45, 2.75) is 6.61 Å². The minimum atomic E-state index is -0.469. The molecule has 0 unspecified atom stereocenters. The third-order valence-corrected chi connectivity index (χ3v) is 5.16. The second-order valence-corrected chi connectivity index (χ2v) is 7.22. The van der Waals surface area contributed by atoms with Gasteiger partial charge in [-0.15, -0.1) is 0 Å². The van der Waals surface area contributed by atoms with Crippen LogP contribution in [-0.2, 0) is 16.1 Å². The molecule has 0 N–H and O–H groups in total. The Labute approximate surface area is 184 Å². The van der Waals surface area contributed by atoms with E-state index in [-0.39, 0.29) is 6.61 Å². The van der Waals surface area contributed by atoms with Crippen LogP contribution in [0.2, 0.25) is 5.02 Å². The normalized spacial score (nSPS) is 10.6. The van der Waals surface area contributed by atoms with Gasteiger partial charge in [0.15, 0.2) is 0 Å². The molecule has 4 aromatic rings. The van der Waals surface area contributed by atoms with Crippen LogP contribution in [0.3, 0.4) is 0 Å². The van der Waals surface area contributed by atoms with Crippen molar-refractivity contribution < 1.29 is 19.1 Å². The van der Waals surface area contributed by atoms with Crippen molar-refractivity contribution in [3.8, 4) is 11.3 Å². The molecule has 1 heterocycles. The minimum absolute atomic E-state index is 0.0678. The summed E-state index contributed by atoms with van der Waals surface area (Å²) in [5.41, 5.74) is 3.61. The van der Waals surface area contributed by atoms with Gasteiger partial charge in [-0.05, 0) is 35.9 Å². The summed E-state index contributed by atoms with van der Waals surface area (Å²) >= 11 is 6.34. The molecule has 0 saturated heterocycles. The molecule has 3 aromatic carbocycles. The number of hydrogen-bond acceptors (Lipinski definition) is 5. The van der Waals surface area contributed by atoms with Crippen LogP contribution in [0.5, 0.6) is 0 Å². The van der Waals surface area contributed by atoms with E-state index < -0.39 is 11.9 Å². The topological polar surface area (TPSA) is 65.5 Å². The first-order chi connectivity index (χ1) is 15.1. The molecule has 5 nitrogen and oxygen atoms in total. The number of fused-ring (bicyclic) bond motifs is 1. The van der Waals surface area contributed by atoms with Gasteiger partial charge in [0.25, 0.3) is 0 Å². The van der Waals surface area contributed by atoms with Gasteiger partial charge in [0.1, 0.15) is 6.61 Å². The highest BCUT2D eigenvalue weighted by Crippen LogP contribution is 2.30. The van der Waals surface area contributed by atoms with Crippen molar-refractivity contribution >= 4 is 34.4 Å². The average Bonchev–Trinajstić information content (AvgIpc) is 2.82. The summed E-state index contributed by atoms with van der Waals surface area (Å²) in [4.78, 5) is 29.2. The fourth-order valence-electron chi connectivity index (χ4n) is 3.23. The maximum atomic E-state index is 13.0. The maximum Gasteiger partial charge on any atom is 0.339 e. The molecule has 0 amide bonds. The summed E-state index contributed by atoms with van der Waals surface area (Å²) in [5.74, 6) is -0.886. The molecule has 31 heavy (non-hydrogen) atoms. The van der Waals surface area contributed by atoms with Crippen LogP contribution < -0.4 is 0 Å². The van der Waals surface area contributed by atoms with E-state index in [4.69, 9.17) is 16.3 Å². The molecular formula is C25H18ClNO4. The Morgan fingerprint density at radius 1 is 0.903 bits per heavy atom. The highest BCUT2D eigenvalue weighted by atomic mass is 35.5. The SMILES string of the molecule is COC(=O)c1ccc(COC(=O)c2cc(-c3ccccc3Cl)nc3ccccc23)cc1. The van der Waals surface area contributed by atoms with E-state index in [0.29, 0.717) is 32.7 Å². The average molecular weight is 432 g/mol. The van der Waals surface area contributed by atoms with Crippen LogP contribution in [0.4, 0.5) is 0 Å². The molecule has 0 aliphatic carbocycles. The number of esters is 2. The number of methoxy groups -OCH3 is 1. The molecule has 4 rings (SSSR count). The Kier molecular flexibility index (Phi) is 5.96. The van der Waals surface area contributed by atoms with Gasteiger partial charge in [-0.3, -0.25) is 0 Å². The smallest absolute Gasteiger partial charge is 0.339 e. The van der Waals surface area contributed by atoms with Gasteiger partial charge in [-0.2, -0.15) is 0 Å². The molecule has 0 aliphatic heterocycles. The van der Waals surface area contributed by atoms with Crippen molar-refractivity contribution in [2.24, 2.45) is 0 Å². The Morgan fingerprint density at radius 2 is 1.61 bits per heavy atom. The zero-order valence-corrected chi connectivity index (χ0v) is 17.4. The van der Waals surface area contributed by atoms with Crippen molar-refractivity contribution in [3.05, 3.63) is 101 Å². The second kappa shape index (κ2) is 8.98. The van der Waals surface area contributed by atoms with E-state index in [1.807, 2.05) is 42.5 Å². The molecular weight excluding hydrogens is 414 g/mol. The lowest BCUT2D eigenvalue weighted by Crippen LogP contribution is -2.07. The van der Waals surface area contributed by atoms with E-state index in [1.165, 1.54) is 7.11 Å². The van der Waals surface area contributed by atoms with Crippen LogP contribution in [0, 0.1) is 0 Å². The number of carbonyl (C=O) groups excluding carboxylic acids is 2. The first kappa shape index (κ1) is 20.6. The first-order valence-electron chi connectivity index (χ1n) is 9.56. The number of carbonyl (C=O) groups is 2. The molecule has 0 radical (unpaired) electrons. The Hall–Kier alpha value is -3.70. The molecule has 154 valence electrons. The van der Waals surface area contributed by atoms with Gasteiger partial charge in [-0.1, -0.05) is 60.1 Å². The molecule has 0 fully saturated rings. The molecule has 0 saturated carbocycles. The Balaban J connectivity index is 1.63. The molecule has 0 atom stereocenters. The summed E-state index contributed by atoms with van der Waals surface area (Å²) in [6.07, 6.45) is 0.